The highest BCUT2D eigenvalue weighted by atomic mass is 35.5. The topological polar surface area (TPSA) is 32.3 Å². The van der Waals surface area contributed by atoms with Gasteiger partial charge in [-0.1, -0.05) is 31.5 Å². The summed E-state index contributed by atoms with van der Waals surface area (Å²) in [6, 6.07) is 6.30. The van der Waals surface area contributed by atoms with Gasteiger partial charge in [0.15, 0.2) is 0 Å². The SMILES string of the molecule is Cc1ccc(NC2CC(O)C2(C)C)cc1Cl. The smallest absolute Gasteiger partial charge is 0.0630 e. The van der Waals surface area contributed by atoms with Gasteiger partial charge in [0.2, 0.25) is 0 Å². The predicted octanol–water partition coefficient (Wildman–Crippen LogP) is 3.22. The Balaban J connectivity index is 2.08. The molecule has 2 rings (SSSR count). The lowest BCUT2D eigenvalue weighted by Crippen LogP contribution is -2.56. The van der Waals surface area contributed by atoms with Crippen LogP contribution in [0.5, 0.6) is 0 Å². The number of anilines is 1. The summed E-state index contributed by atoms with van der Waals surface area (Å²) < 4.78 is 0. The Morgan fingerprint density at radius 2 is 2.12 bits per heavy atom. The highest BCUT2D eigenvalue weighted by Gasteiger charge is 2.47. The molecule has 1 saturated carbocycles. The van der Waals surface area contributed by atoms with E-state index < -0.39 is 0 Å². The van der Waals surface area contributed by atoms with Crippen LogP contribution < -0.4 is 5.32 Å². The fourth-order valence-electron chi connectivity index (χ4n) is 2.03. The number of aliphatic hydroxyl groups is 1. The van der Waals surface area contributed by atoms with Crippen LogP contribution in [0, 0.1) is 12.3 Å². The van der Waals surface area contributed by atoms with Gasteiger partial charge in [-0.2, -0.15) is 0 Å². The van der Waals surface area contributed by atoms with Crippen LogP contribution in [-0.4, -0.2) is 17.3 Å². The summed E-state index contributed by atoms with van der Waals surface area (Å²) in [5.74, 6) is 0. The molecule has 0 saturated heterocycles. The Hall–Kier alpha value is -0.730. The van der Waals surface area contributed by atoms with Gasteiger partial charge in [-0.05, 0) is 31.0 Å². The number of nitrogens with one attached hydrogen (secondary N) is 1. The molecule has 2 N–H and O–H groups in total. The van der Waals surface area contributed by atoms with E-state index in [1.165, 1.54) is 0 Å². The highest BCUT2D eigenvalue weighted by molar-refractivity contribution is 6.31. The Labute approximate surface area is 102 Å². The van der Waals surface area contributed by atoms with E-state index >= 15 is 0 Å². The molecule has 16 heavy (non-hydrogen) atoms. The summed E-state index contributed by atoms with van der Waals surface area (Å²) in [4.78, 5) is 0. The standard InChI is InChI=1S/C13H18ClNO/c1-8-4-5-9(6-10(8)14)15-11-7-12(16)13(11,2)3/h4-6,11-12,15-16H,7H2,1-3H3. The van der Waals surface area contributed by atoms with Gasteiger partial charge in [0.1, 0.15) is 0 Å². The van der Waals surface area contributed by atoms with E-state index in [0.717, 1.165) is 22.7 Å². The highest BCUT2D eigenvalue weighted by Crippen LogP contribution is 2.42. The maximum Gasteiger partial charge on any atom is 0.0630 e. The maximum absolute atomic E-state index is 9.66. The van der Waals surface area contributed by atoms with Gasteiger partial charge in [0.25, 0.3) is 0 Å². The molecule has 0 amide bonds. The number of hydrogen-bond acceptors (Lipinski definition) is 2. The molecule has 2 atom stereocenters. The van der Waals surface area contributed by atoms with Crippen LogP contribution in [0.25, 0.3) is 0 Å². The van der Waals surface area contributed by atoms with Gasteiger partial charge >= 0.3 is 0 Å². The zero-order chi connectivity index (χ0) is 11.9. The van der Waals surface area contributed by atoms with E-state index in [0.29, 0.717) is 6.04 Å². The number of benzene rings is 1. The van der Waals surface area contributed by atoms with Crippen molar-refractivity contribution in [2.24, 2.45) is 5.41 Å². The molecule has 0 aromatic heterocycles. The molecule has 2 unspecified atom stereocenters. The lowest BCUT2D eigenvalue weighted by Gasteiger charge is -2.49. The van der Waals surface area contributed by atoms with Crippen LogP contribution in [0.4, 0.5) is 5.69 Å². The molecule has 2 nitrogen and oxygen atoms in total. The van der Waals surface area contributed by atoms with Crippen LogP contribution in [0.2, 0.25) is 5.02 Å². The zero-order valence-corrected chi connectivity index (χ0v) is 10.7. The van der Waals surface area contributed by atoms with Crippen molar-refractivity contribution in [3.63, 3.8) is 0 Å². The molecule has 1 fully saturated rings. The zero-order valence-electron chi connectivity index (χ0n) is 9.92. The monoisotopic (exact) mass is 239 g/mol. The first-order valence-corrected chi connectivity index (χ1v) is 6.00. The average Bonchev–Trinajstić information content (AvgIpc) is 2.23. The molecular formula is C13H18ClNO. The minimum atomic E-state index is -0.203. The van der Waals surface area contributed by atoms with Gasteiger partial charge < -0.3 is 10.4 Å². The quantitative estimate of drug-likeness (QED) is 0.831. The van der Waals surface area contributed by atoms with Gasteiger partial charge in [0, 0.05) is 22.2 Å². The van der Waals surface area contributed by atoms with Crippen LogP contribution in [0.1, 0.15) is 25.8 Å². The Morgan fingerprint density at radius 1 is 1.44 bits per heavy atom. The van der Waals surface area contributed by atoms with Crippen molar-refractivity contribution in [3.05, 3.63) is 28.8 Å². The number of halogens is 1. The number of rotatable bonds is 2. The molecule has 1 aliphatic carbocycles. The van der Waals surface area contributed by atoms with Crippen molar-refractivity contribution in [3.8, 4) is 0 Å². The van der Waals surface area contributed by atoms with E-state index in [2.05, 4.69) is 19.2 Å². The van der Waals surface area contributed by atoms with Crippen molar-refractivity contribution in [2.75, 3.05) is 5.32 Å². The third-order valence-electron chi connectivity index (χ3n) is 3.73. The van der Waals surface area contributed by atoms with Crippen molar-refractivity contribution < 1.29 is 5.11 Å². The summed E-state index contributed by atoms with van der Waals surface area (Å²) >= 11 is 6.07. The van der Waals surface area contributed by atoms with Gasteiger partial charge in [-0.15, -0.1) is 0 Å². The van der Waals surface area contributed by atoms with Crippen molar-refractivity contribution in [1.82, 2.24) is 0 Å². The molecule has 0 heterocycles. The van der Waals surface area contributed by atoms with Crippen molar-refractivity contribution >= 4 is 17.3 Å². The summed E-state index contributed by atoms with van der Waals surface area (Å²) in [5, 5.41) is 13.9. The molecule has 0 bridgehead atoms. The molecule has 1 aromatic carbocycles. The third-order valence-corrected chi connectivity index (χ3v) is 4.14. The van der Waals surface area contributed by atoms with Crippen LogP contribution in [-0.2, 0) is 0 Å². The molecule has 0 aliphatic heterocycles. The normalized spacial score (nSPS) is 27.3. The third kappa shape index (κ3) is 1.92. The van der Waals surface area contributed by atoms with Crippen LogP contribution in [0.15, 0.2) is 18.2 Å². The minimum absolute atomic E-state index is 0.0582. The lowest BCUT2D eigenvalue weighted by molar-refractivity contribution is -0.0510. The second kappa shape index (κ2) is 3.94. The molecule has 88 valence electrons. The molecule has 1 aromatic rings. The van der Waals surface area contributed by atoms with Crippen LogP contribution in [0.3, 0.4) is 0 Å². The molecule has 0 radical (unpaired) electrons. The Morgan fingerprint density at radius 3 is 2.62 bits per heavy atom. The summed E-state index contributed by atoms with van der Waals surface area (Å²) in [7, 11) is 0. The van der Waals surface area contributed by atoms with E-state index in [9.17, 15) is 5.11 Å². The fourth-order valence-corrected chi connectivity index (χ4v) is 2.21. The van der Waals surface area contributed by atoms with Gasteiger partial charge in [0.05, 0.1) is 6.10 Å². The number of aliphatic hydroxyl groups excluding tert-OH is 1. The number of aryl methyl sites for hydroxylation is 1. The minimum Gasteiger partial charge on any atom is -0.392 e. The maximum atomic E-state index is 9.66. The molecule has 0 spiro atoms. The first-order chi connectivity index (χ1) is 7.41. The largest absolute Gasteiger partial charge is 0.392 e. The van der Waals surface area contributed by atoms with E-state index in [1.54, 1.807) is 0 Å². The molecule has 3 heteroatoms. The van der Waals surface area contributed by atoms with E-state index in [1.807, 2.05) is 25.1 Å². The summed E-state index contributed by atoms with van der Waals surface area (Å²) in [6.07, 6.45) is 0.601. The predicted molar refractivity (Wildman–Crippen MR) is 68.0 cm³/mol. The Bertz CT molecular complexity index is 403. The first kappa shape index (κ1) is 11.7. The van der Waals surface area contributed by atoms with Gasteiger partial charge in [-0.3, -0.25) is 0 Å². The Kier molecular flexibility index (Phi) is 2.89. The second-order valence-electron chi connectivity index (χ2n) is 5.23. The van der Waals surface area contributed by atoms with Gasteiger partial charge in [-0.25, -0.2) is 0 Å². The van der Waals surface area contributed by atoms with Crippen LogP contribution >= 0.6 is 11.6 Å². The average molecular weight is 240 g/mol. The van der Waals surface area contributed by atoms with Crippen molar-refractivity contribution in [2.45, 2.75) is 39.3 Å². The van der Waals surface area contributed by atoms with Crippen molar-refractivity contribution in [1.29, 1.82) is 0 Å². The van der Waals surface area contributed by atoms with E-state index in [4.69, 9.17) is 11.6 Å². The summed E-state index contributed by atoms with van der Waals surface area (Å²) in [5.41, 5.74) is 2.05. The lowest BCUT2D eigenvalue weighted by atomic mass is 9.64. The van der Waals surface area contributed by atoms with E-state index in [-0.39, 0.29) is 11.5 Å². The second-order valence-corrected chi connectivity index (χ2v) is 5.64. The molecular weight excluding hydrogens is 222 g/mol. The summed E-state index contributed by atoms with van der Waals surface area (Å²) in [6.45, 7) is 6.15. The number of hydrogen-bond donors (Lipinski definition) is 2. The first-order valence-electron chi connectivity index (χ1n) is 5.62. The fraction of sp³-hybridized carbons (Fsp3) is 0.538. The molecule has 1 aliphatic rings.